The smallest absolute Gasteiger partial charge is 0.264 e. The van der Waals surface area contributed by atoms with Gasteiger partial charge in [-0.2, -0.15) is 5.10 Å². The van der Waals surface area contributed by atoms with E-state index in [1.807, 2.05) is 44.2 Å². The van der Waals surface area contributed by atoms with Gasteiger partial charge in [0.15, 0.2) is 0 Å². The lowest BCUT2D eigenvalue weighted by atomic mass is 10.2. The van der Waals surface area contributed by atoms with Crippen molar-refractivity contribution in [3.05, 3.63) is 111 Å². The summed E-state index contributed by atoms with van der Waals surface area (Å²) in [4.78, 5) is 12.9. The zero-order valence-electron chi connectivity index (χ0n) is 20.1. The second-order valence-corrected chi connectivity index (χ2v) is 11.4. The number of hydrazone groups is 1. The Morgan fingerprint density at radius 2 is 1.68 bits per heavy atom. The number of amides is 1. The molecule has 0 atom stereocenters. The SMILES string of the molecule is Cc1cc(/C=N\NC(=O)CN(c2ccc(Cl)cc2)S(=O)(=O)c2ccccc2)c(C)n1-c1ccc(Br)cc1. The summed E-state index contributed by atoms with van der Waals surface area (Å²) in [6, 6.07) is 24.1. The fourth-order valence-electron chi connectivity index (χ4n) is 3.89. The molecule has 7 nitrogen and oxygen atoms in total. The fourth-order valence-corrected chi connectivity index (χ4v) is 5.72. The number of benzene rings is 3. The number of rotatable bonds is 8. The Labute approximate surface area is 229 Å². The average Bonchev–Trinajstić information content (AvgIpc) is 3.17. The third-order valence-electron chi connectivity index (χ3n) is 5.68. The van der Waals surface area contributed by atoms with Crippen LogP contribution in [0.5, 0.6) is 0 Å². The Morgan fingerprint density at radius 1 is 1.03 bits per heavy atom. The number of aromatic nitrogens is 1. The minimum Gasteiger partial charge on any atom is -0.318 e. The summed E-state index contributed by atoms with van der Waals surface area (Å²) in [7, 11) is -4.01. The van der Waals surface area contributed by atoms with Crippen molar-refractivity contribution in [2.75, 3.05) is 10.8 Å². The first-order valence-electron chi connectivity index (χ1n) is 11.3. The van der Waals surface area contributed by atoms with E-state index in [-0.39, 0.29) is 4.90 Å². The third kappa shape index (κ3) is 6.12. The molecule has 0 aliphatic carbocycles. The van der Waals surface area contributed by atoms with Crippen LogP contribution in [0.3, 0.4) is 0 Å². The Hall–Kier alpha value is -3.40. The molecule has 0 fully saturated rings. The molecule has 0 bridgehead atoms. The molecule has 4 aromatic rings. The molecular weight excluding hydrogens is 576 g/mol. The van der Waals surface area contributed by atoms with Crippen molar-refractivity contribution in [2.24, 2.45) is 5.10 Å². The molecule has 1 heterocycles. The number of halogens is 2. The Kier molecular flexibility index (Phi) is 8.16. The molecule has 10 heteroatoms. The molecule has 1 N–H and O–H groups in total. The van der Waals surface area contributed by atoms with E-state index in [0.29, 0.717) is 10.7 Å². The van der Waals surface area contributed by atoms with Gasteiger partial charge in [-0.15, -0.1) is 0 Å². The van der Waals surface area contributed by atoms with E-state index in [9.17, 15) is 13.2 Å². The Morgan fingerprint density at radius 3 is 2.32 bits per heavy atom. The number of carbonyl (C=O) groups is 1. The van der Waals surface area contributed by atoms with Gasteiger partial charge in [0, 0.05) is 32.1 Å². The van der Waals surface area contributed by atoms with Gasteiger partial charge >= 0.3 is 0 Å². The van der Waals surface area contributed by atoms with Crippen LogP contribution in [0.1, 0.15) is 17.0 Å². The van der Waals surface area contributed by atoms with Crippen molar-refractivity contribution in [3.63, 3.8) is 0 Å². The van der Waals surface area contributed by atoms with Crippen molar-refractivity contribution in [2.45, 2.75) is 18.7 Å². The number of hydrogen-bond acceptors (Lipinski definition) is 4. The summed E-state index contributed by atoms with van der Waals surface area (Å²) in [5.74, 6) is -0.590. The number of nitrogens with zero attached hydrogens (tertiary/aromatic N) is 3. The topological polar surface area (TPSA) is 83.8 Å². The van der Waals surface area contributed by atoms with Crippen molar-refractivity contribution >= 4 is 55.4 Å². The predicted octanol–water partition coefficient (Wildman–Crippen LogP) is 5.86. The van der Waals surface area contributed by atoms with Gasteiger partial charge in [0.1, 0.15) is 6.54 Å². The molecule has 37 heavy (non-hydrogen) atoms. The predicted molar refractivity (Wildman–Crippen MR) is 151 cm³/mol. The van der Waals surface area contributed by atoms with Gasteiger partial charge < -0.3 is 4.57 Å². The van der Waals surface area contributed by atoms with Crippen LogP contribution in [-0.2, 0) is 14.8 Å². The van der Waals surface area contributed by atoms with Crippen LogP contribution in [0.15, 0.2) is 99.4 Å². The first-order valence-corrected chi connectivity index (χ1v) is 13.9. The molecule has 0 aliphatic rings. The van der Waals surface area contributed by atoms with E-state index in [0.717, 1.165) is 31.4 Å². The monoisotopic (exact) mass is 598 g/mol. The highest BCUT2D eigenvalue weighted by Gasteiger charge is 2.27. The highest BCUT2D eigenvalue weighted by Crippen LogP contribution is 2.25. The summed E-state index contributed by atoms with van der Waals surface area (Å²) in [5.41, 5.74) is 6.56. The van der Waals surface area contributed by atoms with Gasteiger partial charge in [0.25, 0.3) is 15.9 Å². The molecule has 0 saturated carbocycles. The normalized spacial score (nSPS) is 11.6. The van der Waals surface area contributed by atoms with Gasteiger partial charge in [0.2, 0.25) is 0 Å². The molecule has 190 valence electrons. The van der Waals surface area contributed by atoms with E-state index in [4.69, 9.17) is 11.6 Å². The fraction of sp³-hybridized carbons (Fsp3) is 0.111. The molecule has 0 spiro atoms. The van der Waals surface area contributed by atoms with Crippen molar-refractivity contribution in [3.8, 4) is 5.69 Å². The van der Waals surface area contributed by atoms with Crippen molar-refractivity contribution in [1.29, 1.82) is 0 Å². The first kappa shape index (κ1) is 26.7. The van der Waals surface area contributed by atoms with Crippen LogP contribution in [0.25, 0.3) is 5.69 Å². The Bertz CT molecular complexity index is 1540. The highest BCUT2D eigenvalue weighted by atomic mass is 79.9. The largest absolute Gasteiger partial charge is 0.318 e. The summed E-state index contributed by atoms with van der Waals surface area (Å²) < 4.78 is 30.8. The minimum absolute atomic E-state index is 0.0710. The van der Waals surface area contributed by atoms with Crippen LogP contribution in [0, 0.1) is 13.8 Å². The van der Waals surface area contributed by atoms with Crippen LogP contribution in [-0.4, -0.2) is 31.7 Å². The molecule has 1 aromatic heterocycles. The van der Waals surface area contributed by atoms with E-state index in [1.165, 1.54) is 12.1 Å². The molecule has 1 amide bonds. The lowest BCUT2D eigenvalue weighted by molar-refractivity contribution is -0.119. The zero-order chi connectivity index (χ0) is 26.6. The Balaban J connectivity index is 1.53. The van der Waals surface area contributed by atoms with Crippen LogP contribution >= 0.6 is 27.5 Å². The van der Waals surface area contributed by atoms with Gasteiger partial charge in [-0.05, 0) is 80.6 Å². The number of carbonyl (C=O) groups excluding carboxylic acids is 1. The van der Waals surface area contributed by atoms with E-state index in [2.05, 4.69) is 31.0 Å². The maximum atomic E-state index is 13.4. The number of anilines is 1. The maximum Gasteiger partial charge on any atom is 0.264 e. The lowest BCUT2D eigenvalue weighted by Gasteiger charge is -2.23. The molecular formula is C27H24BrClN4O3S. The van der Waals surface area contributed by atoms with Crippen LogP contribution in [0.2, 0.25) is 5.02 Å². The maximum absolute atomic E-state index is 13.4. The second kappa shape index (κ2) is 11.3. The molecule has 0 unspecified atom stereocenters. The highest BCUT2D eigenvalue weighted by molar-refractivity contribution is 9.10. The number of sulfonamides is 1. The first-order chi connectivity index (χ1) is 17.7. The van der Waals surface area contributed by atoms with Crippen LogP contribution in [0.4, 0.5) is 5.69 Å². The van der Waals surface area contributed by atoms with E-state index >= 15 is 0 Å². The van der Waals surface area contributed by atoms with Crippen LogP contribution < -0.4 is 9.73 Å². The third-order valence-corrected chi connectivity index (χ3v) is 8.25. The second-order valence-electron chi connectivity index (χ2n) is 8.23. The van der Waals surface area contributed by atoms with Crippen molar-refractivity contribution < 1.29 is 13.2 Å². The molecule has 0 aliphatic heterocycles. The summed E-state index contributed by atoms with van der Waals surface area (Å²) in [6.07, 6.45) is 1.55. The lowest BCUT2D eigenvalue weighted by Crippen LogP contribution is -2.39. The quantitative estimate of drug-likeness (QED) is 0.204. The van der Waals surface area contributed by atoms with Gasteiger partial charge in [0.05, 0.1) is 16.8 Å². The molecule has 0 saturated heterocycles. The summed E-state index contributed by atoms with van der Waals surface area (Å²) in [6.45, 7) is 3.49. The molecule has 3 aromatic carbocycles. The van der Waals surface area contributed by atoms with Gasteiger partial charge in [-0.3, -0.25) is 9.10 Å². The molecule has 4 rings (SSSR count). The number of aryl methyl sites for hydroxylation is 1. The summed E-state index contributed by atoms with van der Waals surface area (Å²) >= 11 is 9.43. The standard InChI is InChI=1S/C27H24BrClN4O3S/c1-19-16-21(20(2)33(19)25-12-8-22(28)9-13-25)17-30-31-27(34)18-32(24-14-10-23(29)11-15-24)37(35,36)26-6-4-3-5-7-26/h3-17H,18H2,1-2H3,(H,31,34)/b30-17-. The summed E-state index contributed by atoms with van der Waals surface area (Å²) in [5, 5.41) is 4.55. The van der Waals surface area contributed by atoms with Crippen molar-refractivity contribution in [1.82, 2.24) is 9.99 Å². The van der Waals surface area contributed by atoms with E-state index in [1.54, 1.807) is 48.7 Å². The average molecular weight is 600 g/mol. The van der Waals surface area contributed by atoms with Gasteiger partial charge in [-0.25, -0.2) is 13.8 Å². The number of hydrogen-bond donors (Lipinski definition) is 1. The molecule has 0 radical (unpaired) electrons. The van der Waals surface area contributed by atoms with E-state index < -0.39 is 22.5 Å². The number of nitrogens with one attached hydrogen (secondary N) is 1. The van der Waals surface area contributed by atoms with Gasteiger partial charge in [-0.1, -0.05) is 45.7 Å². The zero-order valence-corrected chi connectivity index (χ0v) is 23.3. The minimum atomic E-state index is -4.01.